The van der Waals surface area contributed by atoms with E-state index in [0.717, 1.165) is 50.6 Å². The van der Waals surface area contributed by atoms with Crippen LogP contribution in [-0.4, -0.2) is 49.1 Å². The van der Waals surface area contributed by atoms with E-state index in [1.165, 1.54) is 0 Å². The van der Waals surface area contributed by atoms with Crippen molar-refractivity contribution in [3.8, 4) is 0 Å². The Bertz CT molecular complexity index is 479. The van der Waals surface area contributed by atoms with Gasteiger partial charge in [-0.05, 0) is 38.8 Å². The molecule has 2 rings (SSSR count). The van der Waals surface area contributed by atoms with Gasteiger partial charge in [-0.1, -0.05) is 6.08 Å². The number of furan rings is 1. The van der Waals surface area contributed by atoms with Gasteiger partial charge in [0.2, 0.25) is 0 Å². The number of piperidine rings is 1. The van der Waals surface area contributed by atoms with Gasteiger partial charge in [0.25, 0.3) is 0 Å². The average Bonchev–Trinajstić information content (AvgIpc) is 3.06. The Kier molecular flexibility index (Phi) is 10.1. The largest absolute Gasteiger partial charge is 0.469 e. The summed E-state index contributed by atoms with van der Waals surface area (Å²) in [6.45, 7) is 12.0. The Morgan fingerprint density at radius 2 is 2.21 bits per heavy atom. The van der Waals surface area contributed by atoms with Crippen LogP contribution in [0.2, 0.25) is 0 Å². The number of guanidine groups is 1. The summed E-state index contributed by atoms with van der Waals surface area (Å²) in [7, 11) is 0. The maximum absolute atomic E-state index is 5.35. The lowest BCUT2D eigenvalue weighted by Gasteiger charge is -2.35. The zero-order valence-corrected chi connectivity index (χ0v) is 17.2. The highest BCUT2D eigenvalue weighted by molar-refractivity contribution is 14.0. The highest BCUT2D eigenvalue weighted by atomic mass is 127. The summed E-state index contributed by atoms with van der Waals surface area (Å²) in [5, 5.41) is 6.87. The molecule has 0 bridgehead atoms. The molecule has 0 amide bonds. The fraction of sp³-hybridized carbons (Fsp3) is 0.611. The predicted octanol–water partition coefficient (Wildman–Crippen LogP) is 3.03. The summed E-state index contributed by atoms with van der Waals surface area (Å²) in [6, 6.07) is 5.03. The van der Waals surface area contributed by atoms with E-state index in [-0.39, 0.29) is 24.0 Å². The SMILES string of the molecule is C=CCNC(=NCCc1ccco1)NC1CCN(C(C)C)CC1.I. The molecule has 1 saturated heterocycles. The molecule has 1 fully saturated rings. The lowest BCUT2D eigenvalue weighted by molar-refractivity contribution is 0.167. The van der Waals surface area contributed by atoms with Crippen LogP contribution in [0.15, 0.2) is 40.5 Å². The van der Waals surface area contributed by atoms with Gasteiger partial charge in [-0.25, -0.2) is 0 Å². The van der Waals surface area contributed by atoms with Crippen molar-refractivity contribution in [3.63, 3.8) is 0 Å². The molecule has 0 radical (unpaired) electrons. The van der Waals surface area contributed by atoms with Gasteiger partial charge in [-0.15, -0.1) is 30.6 Å². The van der Waals surface area contributed by atoms with Crippen LogP contribution >= 0.6 is 24.0 Å². The minimum Gasteiger partial charge on any atom is -0.469 e. The lowest BCUT2D eigenvalue weighted by atomic mass is 10.0. The fourth-order valence-corrected chi connectivity index (χ4v) is 2.81. The molecular formula is C18H31IN4O. The van der Waals surface area contributed by atoms with Gasteiger partial charge >= 0.3 is 0 Å². The van der Waals surface area contributed by atoms with Crippen molar-refractivity contribution in [2.75, 3.05) is 26.2 Å². The normalized spacial score (nSPS) is 16.7. The molecule has 0 saturated carbocycles. The molecule has 5 nitrogen and oxygen atoms in total. The fourth-order valence-electron chi connectivity index (χ4n) is 2.81. The second-order valence-electron chi connectivity index (χ2n) is 6.28. The summed E-state index contributed by atoms with van der Waals surface area (Å²) in [5.41, 5.74) is 0. The van der Waals surface area contributed by atoms with E-state index >= 15 is 0 Å². The van der Waals surface area contributed by atoms with E-state index in [4.69, 9.17) is 4.42 Å². The van der Waals surface area contributed by atoms with Crippen LogP contribution in [0.25, 0.3) is 0 Å². The summed E-state index contributed by atoms with van der Waals surface area (Å²) >= 11 is 0. The molecule has 2 N–H and O–H groups in total. The van der Waals surface area contributed by atoms with Crippen LogP contribution in [0.4, 0.5) is 0 Å². The third-order valence-corrected chi connectivity index (χ3v) is 4.22. The Morgan fingerprint density at radius 3 is 2.79 bits per heavy atom. The number of hydrogen-bond donors (Lipinski definition) is 2. The van der Waals surface area contributed by atoms with Crippen LogP contribution in [-0.2, 0) is 6.42 Å². The van der Waals surface area contributed by atoms with Crippen molar-refractivity contribution >= 4 is 29.9 Å². The second kappa shape index (κ2) is 11.5. The monoisotopic (exact) mass is 446 g/mol. The quantitative estimate of drug-likeness (QED) is 0.293. The molecular weight excluding hydrogens is 415 g/mol. The number of aliphatic imine (C=N–C) groups is 1. The molecule has 136 valence electrons. The van der Waals surface area contributed by atoms with Gasteiger partial charge in [0.15, 0.2) is 5.96 Å². The minimum absolute atomic E-state index is 0. The standard InChI is InChI=1S/C18H30N4O.HI/c1-4-10-19-18(20-11-7-17-6-5-14-23-17)21-16-8-12-22(13-9-16)15(2)3;/h4-6,14-16H,1,7-13H2,2-3H3,(H2,19,20,21);1H. The van der Waals surface area contributed by atoms with Gasteiger partial charge in [0.05, 0.1) is 6.26 Å². The third-order valence-electron chi connectivity index (χ3n) is 4.22. The topological polar surface area (TPSA) is 52.8 Å². The highest BCUT2D eigenvalue weighted by Crippen LogP contribution is 2.12. The third kappa shape index (κ3) is 7.25. The van der Waals surface area contributed by atoms with Gasteiger partial charge in [0.1, 0.15) is 5.76 Å². The van der Waals surface area contributed by atoms with E-state index in [1.807, 2.05) is 18.2 Å². The number of hydrogen-bond acceptors (Lipinski definition) is 3. The first kappa shape index (κ1) is 21.0. The molecule has 24 heavy (non-hydrogen) atoms. The van der Waals surface area contributed by atoms with E-state index in [1.54, 1.807) is 6.26 Å². The molecule has 0 spiro atoms. The zero-order chi connectivity index (χ0) is 16.5. The second-order valence-corrected chi connectivity index (χ2v) is 6.28. The smallest absolute Gasteiger partial charge is 0.191 e. The Labute approximate surface area is 163 Å². The Hall–Kier alpha value is -1.02. The zero-order valence-electron chi connectivity index (χ0n) is 14.8. The summed E-state index contributed by atoms with van der Waals surface area (Å²) in [5.74, 6) is 1.85. The molecule has 6 heteroatoms. The first-order valence-corrected chi connectivity index (χ1v) is 8.61. The number of likely N-dealkylation sites (tertiary alicyclic amines) is 1. The van der Waals surface area contributed by atoms with Gasteiger partial charge in [-0.2, -0.15) is 0 Å². The Morgan fingerprint density at radius 1 is 1.46 bits per heavy atom. The molecule has 0 unspecified atom stereocenters. The first-order chi connectivity index (χ1) is 11.2. The lowest BCUT2D eigenvalue weighted by Crippen LogP contribution is -2.50. The van der Waals surface area contributed by atoms with Crippen molar-refractivity contribution in [1.82, 2.24) is 15.5 Å². The maximum Gasteiger partial charge on any atom is 0.191 e. The van der Waals surface area contributed by atoms with Crippen LogP contribution in [0.5, 0.6) is 0 Å². The highest BCUT2D eigenvalue weighted by Gasteiger charge is 2.21. The van der Waals surface area contributed by atoms with Crippen LogP contribution in [0, 0.1) is 0 Å². The predicted molar refractivity (Wildman–Crippen MR) is 111 cm³/mol. The van der Waals surface area contributed by atoms with Crippen molar-refractivity contribution in [1.29, 1.82) is 0 Å². The minimum atomic E-state index is 0. The van der Waals surface area contributed by atoms with Crippen molar-refractivity contribution < 1.29 is 4.42 Å². The van der Waals surface area contributed by atoms with E-state index in [2.05, 4.69) is 41.0 Å². The molecule has 1 aromatic rings. The van der Waals surface area contributed by atoms with Crippen LogP contribution in [0.1, 0.15) is 32.4 Å². The van der Waals surface area contributed by atoms with E-state index in [9.17, 15) is 0 Å². The average molecular weight is 446 g/mol. The molecule has 0 aliphatic carbocycles. The number of halogens is 1. The van der Waals surface area contributed by atoms with Crippen molar-refractivity contribution in [3.05, 3.63) is 36.8 Å². The molecule has 1 aliphatic rings. The number of nitrogens with zero attached hydrogens (tertiary/aromatic N) is 2. The summed E-state index contributed by atoms with van der Waals surface area (Å²) in [6.07, 6.45) is 6.69. The summed E-state index contributed by atoms with van der Waals surface area (Å²) in [4.78, 5) is 7.19. The van der Waals surface area contributed by atoms with Crippen LogP contribution < -0.4 is 10.6 Å². The Balaban J connectivity index is 0.00000288. The first-order valence-electron chi connectivity index (χ1n) is 8.61. The van der Waals surface area contributed by atoms with Crippen molar-refractivity contribution in [2.45, 2.75) is 45.2 Å². The molecule has 1 aromatic heterocycles. The summed E-state index contributed by atoms with van der Waals surface area (Å²) < 4.78 is 5.35. The number of rotatable bonds is 7. The van der Waals surface area contributed by atoms with Gasteiger partial charge in [-0.3, -0.25) is 4.99 Å². The molecule has 1 aliphatic heterocycles. The molecule has 0 aromatic carbocycles. The maximum atomic E-state index is 5.35. The van der Waals surface area contributed by atoms with E-state index in [0.29, 0.717) is 18.6 Å². The molecule has 0 atom stereocenters. The van der Waals surface area contributed by atoms with Crippen molar-refractivity contribution in [2.24, 2.45) is 4.99 Å². The number of nitrogens with one attached hydrogen (secondary N) is 2. The van der Waals surface area contributed by atoms with Gasteiger partial charge < -0.3 is 20.0 Å². The van der Waals surface area contributed by atoms with Crippen LogP contribution in [0.3, 0.4) is 0 Å². The van der Waals surface area contributed by atoms with Gasteiger partial charge in [0, 0.05) is 44.7 Å². The molecule has 2 heterocycles. The van der Waals surface area contributed by atoms with E-state index < -0.39 is 0 Å².